The van der Waals surface area contributed by atoms with E-state index in [1.54, 1.807) is 19.1 Å². The van der Waals surface area contributed by atoms with E-state index in [0.717, 1.165) is 35.5 Å². The number of carbonyl (C=O) groups is 2. The summed E-state index contributed by atoms with van der Waals surface area (Å²) in [6.07, 6.45) is 1.93. The van der Waals surface area contributed by atoms with Crippen molar-refractivity contribution in [2.24, 2.45) is 0 Å². The Morgan fingerprint density at radius 2 is 1.52 bits per heavy atom. The lowest BCUT2D eigenvalue weighted by atomic mass is 9.90. The molecule has 6 nitrogen and oxygen atoms in total. The first kappa shape index (κ1) is 20.7. The van der Waals surface area contributed by atoms with Gasteiger partial charge in [-0.05, 0) is 41.8 Å². The van der Waals surface area contributed by atoms with E-state index in [4.69, 9.17) is 14.2 Å². The molecule has 0 aromatic heterocycles. The average molecular weight is 397 g/mol. The van der Waals surface area contributed by atoms with E-state index in [9.17, 15) is 9.59 Å². The Labute approximate surface area is 171 Å². The molecule has 0 saturated carbocycles. The van der Waals surface area contributed by atoms with Gasteiger partial charge in [-0.2, -0.15) is 0 Å². The number of ether oxygens (including phenoxy) is 3. The molecule has 0 N–H and O–H groups in total. The third kappa shape index (κ3) is 4.53. The number of methoxy groups -OCH3 is 2. The molecule has 0 radical (unpaired) electrons. The number of hydrogen-bond donors (Lipinski definition) is 0. The maximum absolute atomic E-state index is 12.6. The van der Waals surface area contributed by atoms with Gasteiger partial charge < -0.3 is 19.1 Å². The van der Waals surface area contributed by atoms with Crippen LogP contribution in [0.25, 0.3) is 0 Å². The number of likely N-dealkylation sites (tertiary alicyclic amines) is 1. The van der Waals surface area contributed by atoms with Crippen LogP contribution in [0.3, 0.4) is 0 Å². The molecular formula is C23H27NO5. The van der Waals surface area contributed by atoms with Gasteiger partial charge in [0.2, 0.25) is 5.91 Å². The molecule has 2 aromatic carbocycles. The van der Waals surface area contributed by atoms with E-state index >= 15 is 0 Å². The first-order chi connectivity index (χ1) is 14.1. The van der Waals surface area contributed by atoms with Gasteiger partial charge in [0.1, 0.15) is 17.5 Å². The largest absolute Gasteiger partial charge is 0.497 e. The highest BCUT2D eigenvalue weighted by atomic mass is 16.5. The van der Waals surface area contributed by atoms with E-state index < -0.39 is 12.1 Å². The Hall–Kier alpha value is -3.02. The molecule has 1 heterocycles. The zero-order valence-electron chi connectivity index (χ0n) is 17.1. The standard InChI is InChI=1S/C23H27NO5/c1-4-5-14-29-23(26)20-15-21(25)24(20)22(16-6-10-18(27-2)11-7-16)17-8-12-19(28-3)13-9-17/h6-13,20,22H,4-5,14-15H2,1-3H3. The number of nitrogens with zero attached hydrogens (tertiary/aromatic N) is 1. The van der Waals surface area contributed by atoms with Crippen molar-refractivity contribution in [3.8, 4) is 11.5 Å². The number of unbranched alkanes of at least 4 members (excludes halogenated alkanes) is 1. The molecule has 1 fully saturated rings. The Morgan fingerprint density at radius 3 is 1.93 bits per heavy atom. The molecule has 0 aliphatic carbocycles. The van der Waals surface area contributed by atoms with E-state index in [1.807, 2.05) is 55.5 Å². The third-order valence-corrected chi connectivity index (χ3v) is 5.15. The summed E-state index contributed by atoms with van der Waals surface area (Å²) in [4.78, 5) is 26.8. The first-order valence-electron chi connectivity index (χ1n) is 9.84. The zero-order valence-corrected chi connectivity index (χ0v) is 17.1. The van der Waals surface area contributed by atoms with Crippen molar-refractivity contribution in [3.63, 3.8) is 0 Å². The van der Waals surface area contributed by atoms with Crippen LogP contribution in [0.4, 0.5) is 0 Å². The summed E-state index contributed by atoms with van der Waals surface area (Å²) in [6, 6.07) is 14.1. The van der Waals surface area contributed by atoms with Crippen molar-refractivity contribution in [1.82, 2.24) is 4.90 Å². The van der Waals surface area contributed by atoms with E-state index in [-0.39, 0.29) is 18.3 Å². The molecule has 1 atom stereocenters. The Kier molecular flexibility index (Phi) is 6.75. The van der Waals surface area contributed by atoms with Crippen LogP contribution in [0.5, 0.6) is 11.5 Å². The summed E-state index contributed by atoms with van der Waals surface area (Å²) in [5.41, 5.74) is 1.80. The fraction of sp³-hybridized carbons (Fsp3) is 0.391. The van der Waals surface area contributed by atoms with Crippen LogP contribution in [0.1, 0.15) is 43.4 Å². The minimum absolute atomic E-state index is 0.0703. The predicted molar refractivity (Wildman–Crippen MR) is 109 cm³/mol. The molecule has 1 aliphatic rings. The van der Waals surface area contributed by atoms with Crippen LogP contribution in [-0.4, -0.2) is 43.6 Å². The van der Waals surface area contributed by atoms with Crippen LogP contribution < -0.4 is 9.47 Å². The van der Waals surface area contributed by atoms with E-state index in [1.165, 1.54) is 0 Å². The Morgan fingerprint density at radius 1 is 1.00 bits per heavy atom. The lowest BCUT2D eigenvalue weighted by Gasteiger charge is -2.44. The van der Waals surface area contributed by atoms with Crippen LogP contribution in [0.2, 0.25) is 0 Å². The molecule has 0 bridgehead atoms. The smallest absolute Gasteiger partial charge is 0.329 e. The van der Waals surface area contributed by atoms with E-state index in [2.05, 4.69) is 0 Å². The second-order valence-electron chi connectivity index (χ2n) is 6.99. The zero-order chi connectivity index (χ0) is 20.8. The highest BCUT2D eigenvalue weighted by Crippen LogP contribution is 2.38. The summed E-state index contributed by atoms with van der Waals surface area (Å²) in [7, 11) is 3.22. The van der Waals surface area contributed by atoms with Crippen molar-refractivity contribution >= 4 is 11.9 Å². The molecule has 154 valence electrons. The molecule has 0 spiro atoms. The molecule has 1 aliphatic heterocycles. The number of hydrogen-bond acceptors (Lipinski definition) is 5. The minimum Gasteiger partial charge on any atom is -0.497 e. The second kappa shape index (κ2) is 9.45. The monoisotopic (exact) mass is 397 g/mol. The molecule has 1 unspecified atom stereocenters. The molecule has 1 amide bonds. The van der Waals surface area contributed by atoms with Crippen molar-refractivity contribution in [1.29, 1.82) is 0 Å². The van der Waals surface area contributed by atoms with Crippen LogP contribution >= 0.6 is 0 Å². The van der Waals surface area contributed by atoms with Gasteiger partial charge in [-0.3, -0.25) is 4.79 Å². The van der Waals surface area contributed by atoms with Gasteiger partial charge in [0, 0.05) is 0 Å². The number of esters is 1. The second-order valence-corrected chi connectivity index (χ2v) is 6.99. The summed E-state index contributed by atoms with van der Waals surface area (Å²) in [5.74, 6) is 1.05. The van der Waals surface area contributed by atoms with Gasteiger partial charge in [-0.15, -0.1) is 0 Å². The summed E-state index contributed by atoms with van der Waals surface area (Å²) < 4.78 is 15.9. The van der Waals surface area contributed by atoms with Crippen LogP contribution in [0, 0.1) is 0 Å². The van der Waals surface area contributed by atoms with Gasteiger partial charge in [-0.25, -0.2) is 4.79 Å². The fourth-order valence-corrected chi connectivity index (χ4v) is 3.45. The number of rotatable bonds is 9. The van der Waals surface area contributed by atoms with Gasteiger partial charge in [-0.1, -0.05) is 37.6 Å². The van der Waals surface area contributed by atoms with Gasteiger partial charge in [0.05, 0.1) is 33.3 Å². The van der Waals surface area contributed by atoms with Gasteiger partial charge >= 0.3 is 5.97 Å². The number of carbonyl (C=O) groups excluding carboxylic acids is 2. The maximum atomic E-state index is 12.6. The lowest BCUT2D eigenvalue weighted by molar-refractivity contribution is -0.168. The molecule has 1 saturated heterocycles. The highest BCUT2D eigenvalue weighted by Gasteiger charge is 2.47. The third-order valence-electron chi connectivity index (χ3n) is 5.15. The number of benzene rings is 2. The van der Waals surface area contributed by atoms with Crippen molar-refractivity contribution in [3.05, 3.63) is 59.7 Å². The summed E-state index contributed by atoms with van der Waals surface area (Å²) in [6.45, 7) is 2.42. The molecule has 6 heteroatoms. The molecule has 2 aromatic rings. The van der Waals surface area contributed by atoms with Gasteiger partial charge in [0.15, 0.2) is 0 Å². The first-order valence-corrected chi connectivity index (χ1v) is 9.84. The topological polar surface area (TPSA) is 65.1 Å². The average Bonchev–Trinajstić information content (AvgIpc) is 2.76. The fourth-order valence-electron chi connectivity index (χ4n) is 3.45. The van der Waals surface area contributed by atoms with Crippen LogP contribution in [-0.2, 0) is 14.3 Å². The van der Waals surface area contributed by atoms with Crippen LogP contribution in [0.15, 0.2) is 48.5 Å². The molecular weight excluding hydrogens is 370 g/mol. The summed E-state index contributed by atoms with van der Waals surface area (Å²) >= 11 is 0. The normalized spacial score (nSPS) is 15.8. The van der Waals surface area contributed by atoms with Crippen molar-refractivity contribution in [2.45, 2.75) is 38.3 Å². The Balaban J connectivity index is 1.92. The predicted octanol–water partition coefficient (Wildman–Crippen LogP) is 3.74. The maximum Gasteiger partial charge on any atom is 0.329 e. The Bertz CT molecular complexity index is 784. The van der Waals surface area contributed by atoms with Crippen molar-refractivity contribution in [2.75, 3.05) is 20.8 Å². The lowest BCUT2D eigenvalue weighted by Crippen LogP contribution is -2.58. The van der Waals surface area contributed by atoms with Crippen molar-refractivity contribution < 1.29 is 23.8 Å². The minimum atomic E-state index is -0.575. The number of amides is 1. The summed E-state index contributed by atoms with van der Waals surface area (Å²) in [5, 5.41) is 0. The molecule has 3 rings (SSSR count). The number of β-lactam (4-membered cyclic amide) rings is 1. The quantitative estimate of drug-likeness (QED) is 0.366. The van der Waals surface area contributed by atoms with Gasteiger partial charge in [0.25, 0.3) is 0 Å². The molecule has 29 heavy (non-hydrogen) atoms. The SMILES string of the molecule is CCCCOC(=O)C1CC(=O)N1C(c1ccc(OC)cc1)c1ccc(OC)cc1. The van der Waals surface area contributed by atoms with E-state index in [0.29, 0.717) is 6.61 Å². The highest BCUT2D eigenvalue weighted by molar-refractivity contribution is 5.95.